The summed E-state index contributed by atoms with van der Waals surface area (Å²) in [7, 11) is 0. The van der Waals surface area contributed by atoms with E-state index in [1.807, 2.05) is 28.5 Å². The van der Waals surface area contributed by atoms with E-state index in [0.717, 1.165) is 11.3 Å². The topological polar surface area (TPSA) is 57.7 Å². The molecule has 3 unspecified atom stereocenters. The summed E-state index contributed by atoms with van der Waals surface area (Å²) in [4.78, 5) is 44.3. The van der Waals surface area contributed by atoms with Crippen molar-refractivity contribution < 1.29 is 14.4 Å². The van der Waals surface area contributed by atoms with Gasteiger partial charge in [-0.25, -0.2) is 0 Å². The Labute approximate surface area is 177 Å². The molecular formula is C22H22N2O3S2. The van der Waals surface area contributed by atoms with Gasteiger partial charge in [0.1, 0.15) is 0 Å². The average molecular weight is 427 g/mol. The summed E-state index contributed by atoms with van der Waals surface area (Å²) < 4.78 is 0. The van der Waals surface area contributed by atoms with Gasteiger partial charge in [0, 0.05) is 29.3 Å². The van der Waals surface area contributed by atoms with Gasteiger partial charge in [0.25, 0.3) is 0 Å². The summed E-state index contributed by atoms with van der Waals surface area (Å²) in [6.07, 6.45) is 6.28. The molecule has 1 fully saturated rings. The summed E-state index contributed by atoms with van der Waals surface area (Å²) in [5, 5.41) is 4.13. The van der Waals surface area contributed by atoms with Crippen LogP contribution < -0.4 is 0 Å². The molecule has 4 heterocycles. The van der Waals surface area contributed by atoms with Crippen molar-refractivity contribution >= 4 is 40.4 Å². The Hall–Kier alpha value is -2.25. The minimum absolute atomic E-state index is 0.00819. The van der Waals surface area contributed by atoms with Crippen molar-refractivity contribution in [2.24, 2.45) is 11.8 Å². The van der Waals surface area contributed by atoms with Gasteiger partial charge in [-0.3, -0.25) is 19.3 Å². The number of amides is 3. The SMILES string of the molecule is O=C1C2CC=CCC2C(=O)N1CCC(=O)N1CCc2sccc2C1c1cccs1. The number of hydrogen-bond donors (Lipinski definition) is 0. The van der Waals surface area contributed by atoms with Crippen LogP contribution >= 0.6 is 22.7 Å². The lowest BCUT2D eigenvalue weighted by molar-refractivity contribution is -0.141. The lowest BCUT2D eigenvalue weighted by Crippen LogP contribution is -2.42. The smallest absolute Gasteiger partial charge is 0.233 e. The number of carbonyl (C=O) groups is 3. The molecule has 0 N–H and O–H groups in total. The Morgan fingerprint density at radius 1 is 1.03 bits per heavy atom. The van der Waals surface area contributed by atoms with E-state index >= 15 is 0 Å². The van der Waals surface area contributed by atoms with Gasteiger partial charge >= 0.3 is 0 Å². The van der Waals surface area contributed by atoms with E-state index in [9.17, 15) is 14.4 Å². The van der Waals surface area contributed by atoms with Crippen LogP contribution in [0.15, 0.2) is 41.1 Å². The van der Waals surface area contributed by atoms with Gasteiger partial charge in [0.05, 0.1) is 17.9 Å². The quantitative estimate of drug-likeness (QED) is 0.554. The van der Waals surface area contributed by atoms with Gasteiger partial charge in [-0.05, 0) is 47.7 Å². The molecule has 3 aliphatic rings. The zero-order chi connectivity index (χ0) is 20.0. The van der Waals surface area contributed by atoms with Gasteiger partial charge in [0.15, 0.2) is 0 Å². The van der Waals surface area contributed by atoms with Crippen molar-refractivity contribution in [2.45, 2.75) is 31.7 Å². The number of fused-ring (bicyclic) bond motifs is 2. The second-order valence-corrected chi connectivity index (χ2v) is 9.77. The standard InChI is InChI=1S/C22H22N2O3S2/c25-19(8-11-24-21(26)14-4-1-2-5-15(14)22(24)27)23-10-7-17-16(9-13-29-17)20(23)18-6-3-12-28-18/h1-3,6,9,12-15,20H,4-5,7-8,10-11H2. The largest absolute Gasteiger partial charge is 0.330 e. The number of nitrogens with zero attached hydrogens (tertiary/aromatic N) is 2. The third kappa shape index (κ3) is 3.16. The van der Waals surface area contributed by atoms with Gasteiger partial charge in [-0.15, -0.1) is 22.7 Å². The molecule has 0 aromatic carbocycles. The van der Waals surface area contributed by atoms with Crippen LogP contribution in [0.2, 0.25) is 0 Å². The molecule has 29 heavy (non-hydrogen) atoms. The molecule has 2 aromatic heterocycles. The highest BCUT2D eigenvalue weighted by Crippen LogP contribution is 2.40. The molecule has 5 rings (SSSR count). The Balaban J connectivity index is 1.32. The van der Waals surface area contributed by atoms with E-state index < -0.39 is 0 Å². The van der Waals surface area contributed by atoms with Crippen molar-refractivity contribution in [1.29, 1.82) is 0 Å². The fraction of sp³-hybridized carbons (Fsp3) is 0.409. The highest BCUT2D eigenvalue weighted by Gasteiger charge is 2.47. The number of allylic oxidation sites excluding steroid dienone is 2. The van der Waals surface area contributed by atoms with E-state index in [4.69, 9.17) is 0 Å². The number of rotatable bonds is 4. The van der Waals surface area contributed by atoms with Crippen LogP contribution in [-0.2, 0) is 20.8 Å². The third-order valence-electron chi connectivity index (χ3n) is 6.25. The molecule has 5 nitrogen and oxygen atoms in total. The average Bonchev–Trinajstić information content (AvgIpc) is 3.48. The summed E-state index contributed by atoms with van der Waals surface area (Å²) >= 11 is 3.41. The summed E-state index contributed by atoms with van der Waals surface area (Å²) in [5.41, 5.74) is 1.21. The summed E-state index contributed by atoms with van der Waals surface area (Å²) in [5.74, 6) is -0.667. The Morgan fingerprint density at radius 3 is 2.48 bits per heavy atom. The molecule has 7 heteroatoms. The maximum Gasteiger partial charge on any atom is 0.233 e. The number of thiophene rings is 2. The van der Waals surface area contributed by atoms with Crippen LogP contribution in [0.3, 0.4) is 0 Å². The Bertz CT molecular complexity index is 952. The van der Waals surface area contributed by atoms with Crippen LogP contribution in [0, 0.1) is 11.8 Å². The minimum Gasteiger partial charge on any atom is -0.330 e. The maximum absolute atomic E-state index is 13.2. The predicted molar refractivity (Wildman–Crippen MR) is 113 cm³/mol. The van der Waals surface area contributed by atoms with E-state index in [1.165, 1.54) is 15.3 Å². The van der Waals surface area contributed by atoms with E-state index in [0.29, 0.717) is 19.4 Å². The fourth-order valence-corrected chi connectivity index (χ4v) is 6.54. The van der Waals surface area contributed by atoms with Crippen LogP contribution in [0.1, 0.15) is 40.6 Å². The molecule has 2 aromatic rings. The fourth-order valence-electron chi connectivity index (χ4n) is 4.78. The van der Waals surface area contributed by atoms with E-state index in [-0.39, 0.29) is 48.6 Å². The first kappa shape index (κ1) is 18.8. The first-order valence-electron chi connectivity index (χ1n) is 10.0. The molecule has 1 aliphatic carbocycles. The molecular weight excluding hydrogens is 404 g/mol. The maximum atomic E-state index is 13.2. The van der Waals surface area contributed by atoms with Crippen molar-refractivity contribution in [3.8, 4) is 0 Å². The van der Waals surface area contributed by atoms with Crippen LogP contribution in [0.4, 0.5) is 0 Å². The Morgan fingerprint density at radius 2 is 1.79 bits per heavy atom. The van der Waals surface area contributed by atoms with Gasteiger partial charge in [-0.1, -0.05) is 18.2 Å². The Kier molecular flexibility index (Phi) is 4.87. The van der Waals surface area contributed by atoms with Crippen LogP contribution in [0.25, 0.3) is 0 Å². The van der Waals surface area contributed by atoms with Crippen LogP contribution in [0.5, 0.6) is 0 Å². The van der Waals surface area contributed by atoms with Gasteiger partial charge in [-0.2, -0.15) is 0 Å². The van der Waals surface area contributed by atoms with E-state index in [2.05, 4.69) is 17.5 Å². The highest BCUT2D eigenvalue weighted by molar-refractivity contribution is 7.10. The summed E-state index contributed by atoms with van der Waals surface area (Å²) in [6, 6.07) is 6.15. The third-order valence-corrected chi connectivity index (χ3v) is 8.17. The number of imide groups is 1. The lowest BCUT2D eigenvalue weighted by atomic mass is 9.85. The molecule has 2 aliphatic heterocycles. The molecule has 3 amide bonds. The van der Waals surface area contributed by atoms with Crippen molar-refractivity contribution in [2.75, 3.05) is 13.1 Å². The predicted octanol–water partition coefficient (Wildman–Crippen LogP) is 3.63. The van der Waals surface area contributed by atoms with Crippen LogP contribution in [-0.4, -0.2) is 40.6 Å². The molecule has 0 saturated carbocycles. The van der Waals surface area contributed by atoms with Crippen molar-refractivity contribution in [3.63, 3.8) is 0 Å². The van der Waals surface area contributed by atoms with Crippen molar-refractivity contribution in [1.82, 2.24) is 9.80 Å². The summed E-state index contributed by atoms with van der Waals surface area (Å²) in [6.45, 7) is 0.861. The molecule has 3 atom stereocenters. The first-order chi connectivity index (χ1) is 14.1. The zero-order valence-corrected chi connectivity index (χ0v) is 17.6. The number of hydrogen-bond acceptors (Lipinski definition) is 5. The second kappa shape index (κ2) is 7.54. The van der Waals surface area contributed by atoms with E-state index in [1.54, 1.807) is 22.7 Å². The number of likely N-dealkylation sites (tertiary alicyclic amines) is 1. The molecule has 1 saturated heterocycles. The minimum atomic E-state index is -0.232. The molecule has 0 radical (unpaired) electrons. The second-order valence-electron chi connectivity index (χ2n) is 7.79. The van der Waals surface area contributed by atoms with Gasteiger partial charge in [0.2, 0.25) is 17.7 Å². The first-order valence-corrected chi connectivity index (χ1v) is 11.8. The van der Waals surface area contributed by atoms with Crippen molar-refractivity contribution in [3.05, 3.63) is 56.4 Å². The highest BCUT2D eigenvalue weighted by atomic mass is 32.1. The molecule has 0 bridgehead atoms. The normalized spacial score (nSPS) is 26.0. The molecule has 150 valence electrons. The van der Waals surface area contributed by atoms with Gasteiger partial charge < -0.3 is 4.90 Å². The zero-order valence-electron chi connectivity index (χ0n) is 16.0. The lowest BCUT2D eigenvalue weighted by Gasteiger charge is -2.36. The number of carbonyl (C=O) groups excluding carboxylic acids is 3. The monoisotopic (exact) mass is 426 g/mol. The molecule has 0 spiro atoms.